The molecular weight excluding hydrogens is 314 g/mol. The molecule has 0 fully saturated rings. The maximum atomic E-state index is 12.3. The highest BCUT2D eigenvalue weighted by Gasteiger charge is 2.11. The van der Waals surface area contributed by atoms with E-state index >= 15 is 0 Å². The molecule has 0 radical (unpaired) electrons. The van der Waals surface area contributed by atoms with Crippen LogP contribution in [0.3, 0.4) is 0 Å². The Hall–Kier alpha value is -2.12. The normalized spacial score (nSPS) is 12.7. The number of carbonyl (C=O) groups is 1. The predicted molar refractivity (Wildman–Crippen MR) is 93.9 cm³/mol. The summed E-state index contributed by atoms with van der Waals surface area (Å²) in [6.07, 6.45) is 5.11. The largest absolute Gasteiger partial charge is 0.463 e. The molecule has 2 aromatic rings. The molecular formula is C16H19N3O3S. The zero-order valence-corrected chi connectivity index (χ0v) is 13.9. The molecule has 1 amide bonds. The lowest BCUT2D eigenvalue weighted by atomic mass is 10.1. The summed E-state index contributed by atoms with van der Waals surface area (Å²) in [7, 11) is 0. The number of nitrogens with one attached hydrogen (secondary N) is 1. The first-order valence-corrected chi connectivity index (χ1v) is 8.52. The Morgan fingerprint density at radius 1 is 1.52 bits per heavy atom. The average Bonchev–Trinajstić information content (AvgIpc) is 2.55. The van der Waals surface area contributed by atoms with Gasteiger partial charge < -0.3 is 10.2 Å². The third-order valence-corrected chi connectivity index (χ3v) is 3.95. The van der Waals surface area contributed by atoms with E-state index in [-0.39, 0.29) is 16.9 Å². The van der Waals surface area contributed by atoms with E-state index in [4.69, 9.17) is 10.2 Å². The van der Waals surface area contributed by atoms with Crippen molar-refractivity contribution < 1.29 is 9.21 Å². The molecule has 0 spiro atoms. The fourth-order valence-electron chi connectivity index (χ4n) is 1.97. The minimum absolute atomic E-state index is 0.195. The molecule has 0 aliphatic carbocycles. The molecule has 0 aliphatic heterocycles. The highest BCUT2D eigenvalue weighted by Crippen LogP contribution is 2.12. The summed E-state index contributed by atoms with van der Waals surface area (Å²) in [5, 5.41) is 4.27. The molecule has 0 saturated carbocycles. The molecule has 0 aliphatic rings. The minimum atomic E-state index is -0.615. The van der Waals surface area contributed by atoms with Crippen LogP contribution in [0.4, 0.5) is 0 Å². The smallest absolute Gasteiger partial charge is 0.256 e. The van der Waals surface area contributed by atoms with Crippen molar-refractivity contribution in [2.75, 3.05) is 12.0 Å². The van der Waals surface area contributed by atoms with E-state index in [0.29, 0.717) is 17.4 Å². The zero-order chi connectivity index (χ0) is 16.8. The SMILES string of the molecule is CSCC[C@H](N)C(=O)N/N=C\c1coc2ccc(C)cc2c1=O. The maximum Gasteiger partial charge on any atom is 0.256 e. The highest BCUT2D eigenvalue weighted by atomic mass is 32.2. The van der Waals surface area contributed by atoms with Crippen LogP contribution >= 0.6 is 11.8 Å². The van der Waals surface area contributed by atoms with E-state index in [9.17, 15) is 9.59 Å². The van der Waals surface area contributed by atoms with Crippen molar-refractivity contribution in [2.45, 2.75) is 19.4 Å². The number of benzene rings is 1. The number of hydrogen-bond donors (Lipinski definition) is 2. The topological polar surface area (TPSA) is 97.7 Å². The van der Waals surface area contributed by atoms with Gasteiger partial charge in [-0.05, 0) is 37.5 Å². The van der Waals surface area contributed by atoms with E-state index in [0.717, 1.165) is 11.3 Å². The van der Waals surface area contributed by atoms with Crippen LogP contribution in [0, 0.1) is 6.92 Å². The second-order valence-electron chi connectivity index (χ2n) is 5.14. The second kappa shape index (κ2) is 7.94. The maximum absolute atomic E-state index is 12.3. The Kier molecular flexibility index (Phi) is 5.95. The Bertz CT molecular complexity index is 786. The number of fused-ring (bicyclic) bond motifs is 1. The molecule has 1 aromatic carbocycles. The van der Waals surface area contributed by atoms with Crippen LogP contribution in [0.5, 0.6) is 0 Å². The van der Waals surface area contributed by atoms with Gasteiger partial charge in [0.15, 0.2) is 0 Å². The van der Waals surface area contributed by atoms with E-state index in [1.165, 1.54) is 12.5 Å². The molecule has 7 heteroatoms. The van der Waals surface area contributed by atoms with Gasteiger partial charge in [-0.2, -0.15) is 16.9 Å². The van der Waals surface area contributed by atoms with Gasteiger partial charge >= 0.3 is 0 Å². The summed E-state index contributed by atoms with van der Waals surface area (Å²) >= 11 is 1.62. The Morgan fingerprint density at radius 3 is 3.04 bits per heavy atom. The summed E-state index contributed by atoms with van der Waals surface area (Å²) in [6.45, 7) is 1.90. The first kappa shape index (κ1) is 17.2. The molecule has 0 saturated heterocycles. The first-order chi connectivity index (χ1) is 11.0. The number of nitrogens with zero attached hydrogens (tertiary/aromatic N) is 1. The van der Waals surface area contributed by atoms with Crippen molar-refractivity contribution in [3.63, 3.8) is 0 Å². The predicted octanol–water partition coefficient (Wildman–Crippen LogP) is 1.63. The van der Waals surface area contributed by atoms with E-state index in [2.05, 4.69) is 10.5 Å². The standard InChI is InChI=1S/C16H19N3O3S/c1-10-3-4-14-12(7-10)15(20)11(9-22-14)8-18-19-16(21)13(17)5-6-23-2/h3-4,7-9,13H,5-6,17H2,1-2H3,(H,19,21)/b18-8-/t13-/m0/s1. The quantitative estimate of drug-likeness (QED) is 0.618. The Balaban J connectivity index is 2.11. The molecule has 6 nitrogen and oxygen atoms in total. The number of carbonyl (C=O) groups excluding carboxylic acids is 1. The summed E-state index contributed by atoms with van der Waals surface area (Å²) in [4.78, 5) is 24.1. The summed E-state index contributed by atoms with van der Waals surface area (Å²) < 4.78 is 5.41. The minimum Gasteiger partial charge on any atom is -0.463 e. The number of hydrazone groups is 1. The molecule has 1 atom stereocenters. The fourth-order valence-corrected chi connectivity index (χ4v) is 2.46. The third kappa shape index (κ3) is 4.43. The number of hydrogen-bond acceptors (Lipinski definition) is 6. The highest BCUT2D eigenvalue weighted by molar-refractivity contribution is 7.98. The van der Waals surface area contributed by atoms with Crippen LogP contribution in [0.2, 0.25) is 0 Å². The Labute approximate surface area is 138 Å². The lowest BCUT2D eigenvalue weighted by Crippen LogP contribution is -2.38. The van der Waals surface area contributed by atoms with Crippen LogP contribution in [-0.4, -0.2) is 30.2 Å². The molecule has 1 aromatic heterocycles. The summed E-state index contributed by atoms with van der Waals surface area (Å²) in [5.41, 5.74) is 9.62. The molecule has 23 heavy (non-hydrogen) atoms. The fraction of sp³-hybridized carbons (Fsp3) is 0.312. The van der Waals surface area contributed by atoms with Crippen molar-refractivity contribution >= 4 is 34.9 Å². The van der Waals surface area contributed by atoms with Crippen LogP contribution in [0.1, 0.15) is 17.5 Å². The number of nitrogens with two attached hydrogens (primary N) is 1. The van der Waals surface area contributed by atoms with Gasteiger partial charge in [-0.1, -0.05) is 11.6 Å². The first-order valence-electron chi connectivity index (χ1n) is 7.12. The van der Waals surface area contributed by atoms with Gasteiger partial charge in [-0.15, -0.1) is 0 Å². The molecule has 2 rings (SSSR count). The van der Waals surface area contributed by atoms with Gasteiger partial charge in [0.1, 0.15) is 11.8 Å². The van der Waals surface area contributed by atoms with Crippen molar-refractivity contribution in [2.24, 2.45) is 10.8 Å². The lowest BCUT2D eigenvalue weighted by molar-refractivity contribution is -0.122. The van der Waals surface area contributed by atoms with Crippen LogP contribution in [-0.2, 0) is 4.79 Å². The van der Waals surface area contributed by atoms with Crippen LogP contribution < -0.4 is 16.6 Å². The monoisotopic (exact) mass is 333 g/mol. The van der Waals surface area contributed by atoms with E-state index < -0.39 is 6.04 Å². The zero-order valence-electron chi connectivity index (χ0n) is 13.0. The number of amides is 1. The average molecular weight is 333 g/mol. The molecule has 0 bridgehead atoms. The third-order valence-electron chi connectivity index (χ3n) is 3.30. The van der Waals surface area contributed by atoms with Gasteiger partial charge in [-0.25, -0.2) is 5.43 Å². The number of aryl methyl sites for hydroxylation is 1. The van der Waals surface area contributed by atoms with Crippen molar-refractivity contribution in [1.82, 2.24) is 5.43 Å². The van der Waals surface area contributed by atoms with Crippen molar-refractivity contribution in [3.05, 3.63) is 45.8 Å². The van der Waals surface area contributed by atoms with Crippen LogP contribution in [0.25, 0.3) is 11.0 Å². The Morgan fingerprint density at radius 2 is 2.30 bits per heavy atom. The van der Waals surface area contributed by atoms with Gasteiger partial charge in [-0.3, -0.25) is 9.59 Å². The molecule has 3 N–H and O–H groups in total. The van der Waals surface area contributed by atoms with E-state index in [1.54, 1.807) is 23.9 Å². The summed E-state index contributed by atoms with van der Waals surface area (Å²) in [6, 6.07) is 4.76. The van der Waals surface area contributed by atoms with Gasteiger partial charge in [0.25, 0.3) is 5.91 Å². The summed E-state index contributed by atoms with van der Waals surface area (Å²) in [5.74, 6) is 0.419. The van der Waals surface area contributed by atoms with Crippen LogP contribution in [0.15, 0.2) is 38.8 Å². The molecule has 0 unspecified atom stereocenters. The number of thioether (sulfide) groups is 1. The second-order valence-corrected chi connectivity index (χ2v) is 6.13. The molecule has 122 valence electrons. The van der Waals surface area contributed by atoms with Crippen molar-refractivity contribution in [3.8, 4) is 0 Å². The number of rotatable bonds is 6. The molecule has 1 heterocycles. The lowest BCUT2D eigenvalue weighted by Gasteiger charge is -2.07. The van der Waals surface area contributed by atoms with Gasteiger partial charge in [0.05, 0.1) is 23.2 Å². The van der Waals surface area contributed by atoms with Crippen molar-refractivity contribution in [1.29, 1.82) is 0 Å². The van der Waals surface area contributed by atoms with Gasteiger partial charge in [0.2, 0.25) is 5.43 Å². The van der Waals surface area contributed by atoms with Gasteiger partial charge in [0, 0.05) is 0 Å². The van der Waals surface area contributed by atoms with E-state index in [1.807, 2.05) is 19.2 Å².